The maximum atomic E-state index is 9.88. The lowest BCUT2D eigenvalue weighted by molar-refractivity contribution is -0.116. The summed E-state index contributed by atoms with van der Waals surface area (Å²) in [7, 11) is 0. The second-order valence-electron chi connectivity index (χ2n) is 4.64. The SMILES string of the molecule is OC[C@H]1O[C@@H](Oc2c(Br)[nH]c3ccccc23)[C@H](O)[C@@H]1O. The van der Waals surface area contributed by atoms with E-state index in [0.717, 1.165) is 10.9 Å². The van der Waals surface area contributed by atoms with Crippen molar-refractivity contribution in [3.05, 3.63) is 28.9 Å². The van der Waals surface area contributed by atoms with Gasteiger partial charge in [-0.15, -0.1) is 0 Å². The highest BCUT2D eigenvalue weighted by molar-refractivity contribution is 9.10. The van der Waals surface area contributed by atoms with Gasteiger partial charge in [-0.2, -0.15) is 0 Å². The zero-order valence-electron chi connectivity index (χ0n) is 10.4. The number of ether oxygens (including phenoxy) is 2. The Morgan fingerprint density at radius 3 is 2.70 bits per heavy atom. The normalized spacial score (nSPS) is 30.0. The second kappa shape index (κ2) is 5.34. The van der Waals surface area contributed by atoms with Crippen molar-refractivity contribution in [1.82, 2.24) is 4.98 Å². The van der Waals surface area contributed by atoms with Crippen LogP contribution in [0.4, 0.5) is 0 Å². The van der Waals surface area contributed by atoms with Crippen LogP contribution in [0.15, 0.2) is 28.9 Å². The lowest BCUT2D eigenvalue weighted by atomic mass is 10.1. The van der Waals surface area contributed by atoms with Crippen LogP contribution in [0.5, 0.6) is 5.75 Å². The van der Waals surface area contributed by atoms with E-state index in [2.05, 4.69) is 20.9 Å². The molecule has 0 radical (unpaired) electrons. The number of aromatic nitrogens is 1. The van der Waals surface area contributed by atoms with Crippen molar-refractivity contribution in [2.24, 2.45) is 0 Å². The van der Waals surface area contributed by atoms with Gasteiger partial charge in [0.05, 0.1) is 12.1 Å². The van der Waals surface area contributed by atoms with E-state index in [0.29, 0.717) is 10.4 Å². The molecule has 4 atom stereocenters. The van der Waals surface area contributed by atoms with Gasteiger partial charge in [0.1, 0.15) is 22.9 Å². The quantitative estimate of drug-likeness (QED) is 0.659. The maximum Gasteiger partial charge on any atom is 0.229 e. The average molecular weight is 344 g/mol. The Kier molecular flexibility index (Phi) is 3.70. The van der Waals surface area contributed by atoms with Crippen molar-refractivity contribution in [1.29, 1.82) is 0 Å². The van der Waals surface area contributed by atoms with E-state index in [1.54, 1.807) is 0 Å². The van der Waals surface area contributed by atoms with E-state index >= 15 is 0 Å². The summed E-state index contributed by atoms with van der Waals surface area (Å²) in [6.45, 7) is -0.382. The van der Waals surface area contributed by atoms with Crippen molar-refractivity contribution < 1.29 is 24.8 Å². The minimum absolute atomic E-state index is 0.382. The van der Waals surface area contributed by atoms with Gasteiger partial charge < -0.3 is 29.8 Å². The molecule has 1 aliphatic heterocycles. The Morgan fingerprint density at radius 1 is 1.25 bits per heavy atom. The van der Waals surface area contributed by atoms with Crippen LogP contribution in [0.25, 0.3) is 10.9 Å². The standard InChI is InChI=1S/C13H14BrNO5/c14-12-11(6-3-1-2-4-7(6)15-12)20-13-10(18)9(17)8(5-16)19-13/h1-4,8-10,13,15-18H,5H2/t8-,9-,10-,13+/m1/s1. The summed E-state index contributed by atoms with van der Waals surface area (Å²) < 4.78 is 11.6. The van der Waals surface area contributed by atoms with Crippen molar-refractivity contribution in [2.75, 3.05) is 6.61 Å². The molecule has 20 heavy (non-hydrogen) atoms. The van der Waals surface area contributed by atoms with Crippen molar-refractivity contribution in [3.63, 3.8) is 0 Å². The molecular weight excluding hydrogens is 330 g/mol. The number of aliphatic hydroxyl groups is 3. The minimum Gasteiger partial charge on any atom is -0.459 e. The Hall–Kier alpha value is -1.12. The topological polar surface area (TPSA) is 94.9 Å². The highest BCUT2D eigenvalue weighted by atomic mass is 79.9. The Morgan fingerprint density at radius 2 is 2.00 bits per heavy atom. The molecule has 1 aromatic heterocycles. The third-order valence-electron chi connectivity index (χ3n) is 3.35. The highest BCUT2D eigenvalue weighted by Gasteiger charge is 2.44. The Labute approximate surface area is 123 Å². The van der Waals surface area contributed by atoms with Gasteiger partial charge in [0.15, 0.2) is 5.75 Å². The Bertz CT molecular complexity index is 616. The summed E-state index contributed by atoms with van der Waals surface area (Å²) in [5, 5.41) is 29.5. The van der Waals surface area contributed by atoms with Crippen LogP contribution in [-0.2, 0) is 4.74 Å². The van der Waals surface area contributed by atoms with Gasteiger partial charge in [0.25, 0.3) is 0 Å². The van der Waals surface area contributed by atoms with Crippen molar-refractivity contribution in [2.45, 2.75) is 24.6 Å². The predicted octanol–water partition coefficient (Wildman–Crippen LogP) is 0.748. The Balaban J connectivity index is 1.88. The van der Waals surface area contributed by atoms with Crippen LogP contribution in [0, 0.1) is 0 Å². The molecule has 0 aliphatic carbocycles. The molecule has 4 N–H and O–H groups in total. The van der Waals surface area contributed by atoms with E-state index in [1.807, 2.05) is 24.3 Å². The van der Waals surface area contributed by atoms with Crippen LogP contribution in [0.3, 0.4) is 0 Å². The van der Waals surface area contributed by atoms with Crippen molar-refractivity contribution in [3.8, 4) is 5.75 Å². The molecule has 1 fully saturated rings. The van der Waals surface area contributed by atoms with Gasteiger partial charge >= 0.3 is 0 Å². The molecule has 0 saturated carbocycles. The number of nitrogens with one attached hydrogen (secondary N) is 1. The summed E-state index contributed by atoms with van der Waals surface area (Å²) in [4.78, 5) is 3.09. The summed E-state index contributed by atoms with van der Waals surface area (Å²) in [5.41, 5.74) is 0.876. The zero-order chi connectivity index (χ0) is 14.3. The number of fused-ring (bicyclic) bond motifs is 1. The van der Waals surface area contributed by atoms with Gasteiger partial charge in [-0.1, -0.05) is 12.1 Å². The molecule has 1 aromatic carbocycles. The summed E-state index contributed by atoms with van der Waals surface area (Å²) in [6.07, 6.45) is -4.27. The maximum absolute atomic E-state index is 9.88. The molecule has 1 saturated heterocycles. The second-order valence-corrected chi connectivity index (χ2v) is 5.43. The first-order chi connectivity index (χ1) is 9.61. The van der Waals surface area contributed by atoms with Crippen LogP contribution < -0.4 is 4.74 Å². The van der Waals surface area contributed by atoms with Crippen molar-refractivity contribution >= 4 is 26.8 Å². The molecule has 0 spiro atoms. The minimum atomic E-state index is -1.22. The van der Waals surface area contributed by atoms with Crippen LogP contribution in [-0.4, -0.2) is 51.5 Å². The third-order valence-corrected chi connectivity index (χ3v) is 3.91. The van der Waals surface area contributed by atoms with Gasteiger partial charge in [-0.3, -0.25) is 0 Å². The number of hydrogen-bond acceptors (Lipinski definition) is 5. The highest BCUT2D eigenvalue weighted by Crippen LogP contribution is 2.36. The lowest BCUT2D eigenvalue weighted by Gasteiger charge is -2.16. The number of aromatic amines is 1. The zero-order valence-corrected chi connectivity index (χ0v) is 11.9. The third kappa shape index (κ3) is 2.21. The monoisotopic (exact) mass is 343 g/mol. The fourth-order valence-electron chi connectivity index (χ4n) is 2.28. The number of hydrogen-bond donors (Lipinski definition) is 4. The smallest absolute Gasteiger partial charge is 0.229 e. The number of aliphatic hydroxyl groups excluding tert-OH is 3. The molecule has 0 unspecified atom stereocenters. The fourth-order valence-corrected chi connectivity index (χ4v) is 2.80. The molecule has 3 rings (SSSR count). The first-order valence-corrected chi connectivity index (χ1v) is 6.96. The fraction of sp³-hybridized carbons (Fsp3) is 0.385. The molecular formula is C13H14BrNO5. The first-order valence-electron chi connectivity index (χ1n) is 6.17. The molecule has 2 aromatic rings. The van der Waals surface area contributed by atoms with Gasteiger partial charge in [0.2, 0.25) is 6.29 Å². The summed E-state index contributed by atoms with van der Waals surface area (Å²) >= 11 is 3.35. The van der Waals surface area contributed by atoms with E-state index in [1.165, 1.54) is 0 Å². The number of rotatable bonds is 3. The van der Waals surface area contributed by atoms with E-state index < -0.39 is 24.6 Å². The van der Waals surface area contributed by atoms with Crippen LogP contribution in [0.2, 0.25) is 0 Å². The average Bonchev–Trinajstić information content (AvgIpc) is 2.91. The molecule has 7 heteroatoms. The molecule has 0 amide bonds. The van der Waals surface area contributed by atoms with Gasteiger partial charge in [0, 0.05) is 5.39 Å². The summed E-state index contributed by atoms with van der Waals surface area (Å²) in [5.74, 6) is 0.496. The van der Waals surface area contributed by atoms with Crippen LogP contribution in [0.1, 0.15) is 0 Å². The molecule has 6 nitrogen and oxygen atoms in total. The largest absolute Gasteiger partial charge is 0.459 e. The molecule has 1 aliphatic rings. The number of halogens is 1. The van der Waals surface area contributed by atoms with Gasteiger partial charge in [-0.05, 0) is 28.1 Å². The number of H-pyrrole nitrogens is 1. The molecule has 0 bridgehead atoms. The number of para-hydroxylation sites is 1. The van der Waals surface area contributed by atoms with E-state index in [9.17, 15) is 10.2 Å². The molecule has 2 heterocycles. The van der Waals surface area contributed by atoms with Gasteiger partial charge in [-0.25, -0.2) is 0 Å². The van der Waals surface area contributed by atoms with Crippen LogP contribution >= 0.6 is 15.9 Å². The predicted molar refractivity (Wildman–Crippen MR) is 74.4 cm³/mol. The van der Waals surface area contributed by atoms with E-state index in [-0.39, 0.29) is 6.61 Å². The lowest BCUT2D eigenvalue weighted by Crippen LogP contribution is -2.35. The number of benzene rings is 1. The first kappa shape index (κ1) is 13.8. The van der Waals surface area contributed by atoms with E-state index in [4.69, 9.17) is 14.6 Å². The summed E-state index contributed by atoms with van der Waals surface area (Å²) in [6, 6.07) is 7.52. The molecule has 108 valence electrons.